The van der Waals surface area contributed by atoms with Gasteiger partial charge in [0.25, 0.3) is 0 Å². The Bertz CT molecular complexity index is 415. The number of hydrogen-bond donors (Lipinski definition) is 1. The highest BCUT2D eigenvalue weighted by Crippen LogP contribution is 2.46. The van der Waals surface area contributed by atoms with Crippen LogP contribution in [0.15, 0.2) is 24.3 Å². The molecule has 1 aliphatic carbocycles. The van der Waals surface area contributed by atoms with E-state index in [1.807, 2.05) is 6.07 Å². The Hall–Kier alpha value is -1.02. The molecule has 0 atom stereocenters. The summed E-state index contributed by atoms with van der Waals surface area (Å²) in [6, 6.07) is 8.42. The zero-order chi connectivity index (χ0) is 13.9. The minimum atomic E-state index is 0.294. The van der Waals surface area contributed by atoms with Gasteiger partial charge in [-0.2, -0.15) is 0 Å². The van der Waals surface area contributed by atoms with Crippen molar-refractivity contribution in [2.75, 3.05) is 13.7 Å². The molecule has 2 heteroatoms. The van der Waals surface area contributed by atoms with E-state index in [1.54, 1.807) is 7.11 Å². The maximum absolute atomic E-state index is 6.11. The number of nitrogens with two attached hydrogens (primary N) is 1. The summed E-state index contributed by atoms with van der Waals surface area (Å²) in [5.74, 6) is 0.945. The molecule has 0 radical (unpaired) electrons. The van der Waals surface area contributed by atoms with Crippen molar-refractivity contribution in [3.8, 4) is 5.75 Å². The molecule has 0 saturated heterocycles. The summed E-state index contributed by atoms with van der Waals surface area (Å²) in [5, 5.41) is 0. The van der Waals surface area contributed by atoms with Crippen LogP contribution < -0.4 is 10.5 Å². The van der Waals surface area contributed by atoms with Crippen molar-refractivity contribution in [1.82, 2.24) is 0 Å². The zero-order valence-corrected chi connectivity index (χ0v) is 12.5. The fraction of sp³-hybridized carbons (Fsp3) is 0.647. The lowest BCUT2D eigenvalue weighted by Gasteiger charge is -2.43. The minimum Gasteiger partial charge on any atom is -0.497 e. The van der Waals surface area contributed by atoms with Gasteiger partial charge in [-0.25, -0.2) is 0 Å². The van der Waals surface area contributed by atoms with Crippen molar-refractivity contribution < 1.29 is 4.74 Å². The predicted octanol–water partition coefficient (Wildman–Crippen LogP) is 3.78. The normalized spacial score (nSPS) is 21.1. The van der Waals surface area contributed by atoms with E-state index in [-0.39, 0.29) is 0 Å². The van der Waals surface area contributed by atoms with Crippen molar-refractivity contribution in [2.45, 2.75) is 46.0 Å². The molecule has 2 rings (SSSR count). The van der Waals surface area contributed by atoms with Crippen LogP contribution in [-0.4, -0.2) is 13.7 Å². The van der Waals surface area contributed by atoms with Gasteiger partial charge >= 0.3 is 0 Å². The van der Waals surface area contributed by atoms with E-state index < -0.39 is 0 Å². The summed E-state index contributed by atoms with van der Waals surface area (Å²) in [4.78, 5) is 0. The Morgan fingerprint density at radius 1 is 1.16 bits per heavy atom. The van der Waals surface area contributed by atoms with Crippen molar-refractivity contribution >= 4 is 0 Å². The lowest BCUT2D eigenvalue weighted by molar-refractivity contribution is 0.108. The van der Waals surface area contributed by atoms with Gasteiger partial charge in [-0.15, -0.1) is 0 Å². The number of ether oxygens (including phenoxy) is 1. The van der Waals surface area contributed by atoms with E-state index >= 15 is 0 Å². The summed E-state index contributed by atoms with van der Waals surface area (Å²) >= 11 is 0. The second-order valence-corrected chi connectivity index (χ2v) is 6.90. The van der Waals surface area contributed by atoms with E-state index in [4.69, 9.17) is 10.5 Å². The highest BCUT2D eigenvalue weighted by Gasteiger charge is 2.37. The van der Waals surface area contributed by atoms with Crippen LogP contribution in [0, 0.1) is 10.8 Å². The first-order chi connectivity index (χ1) is 8.99. The van der Waals surface area contributed by atoms with Gasteiger partial charge < -0.3 is 10.5 Å². The lowest BCUT2D eigenvalue weighted by Crippen LogP contribution is -2.38. The molecule has 0 bridgehead atoms. The van der Waals surface area contributed by atoms with Crippen LogP contribution in [-0.2, 0) is 6.42 Å². The Morgan fingerprint density at radius 3 is 2.42 bits per heavy atom. The smallest absolute Gasteiger partial charge is 0.119 e. The van der Waals surface area contributed by atoms with Gasteiger partial charge in [-0.3, -0.25) is 0 Å². The third-order valence-electron chi connectivity index (χ3n) is 4.81. The molecule has 0 amide bonds. The number of rotatable bonds is 4. The van der Waals surface area contributed by atoms with Gasteiger partial charge in [-0.1, -0.05) is 26.0 Å². The van der Waals surface area contributed by atoms with E-state index in [2.05, 4.69) is 32.0 Å². The Balaban J connectivity index is 2.10. The molecule has 0 aromatic heterocycles. The van der Waals surface area contributed by atoms with E-state index in [1.165, 1.54) is 31.2 Å². The van der Waals surface area contributed by atoms with Crippen molar-refractivity contribution in [2.24, 2.45) is 16.6 Å². The highest BCUT2D eigenvalue weighted by atomic mass is 16.5. The molecule has 1 aliphatic rings. The fourth-order valence-corrected chi connectivity index (χ4v) is 3.13. The molecule has 1 aromatic rings. The first-order valence-corrected chi connectivity index (χ1v) is 7.32. The third kappa shape index (κ3) is 3.50. The number of methoxy groups -OCH3 is 1. The van der Waals surface area contributed by atoms with Gasteiger partial charge in [0.2, 0.25) is 0 Å². The van der Waals surface area contributed by atoms with Gasteiger partial charge in [0.1, 0.15) is 5.75 Å². The van der Waals surface area contributed by atoms with E-state index in [9.17, 15) is 0 Å². The van der Waals surface area contributed by atoms with Crippen molar-refractivity contribution in [1.29, 1.82) is 0 Å². The fourth-order valence-electron chi connectivity index (χ4n) is 3.13. The van der Waals surface area contributed by atoms with Crippen LogP contribution in [0.5, 0.6) is 5.75 Å². The molecule has 2 N–H and O–H groups in total. The molecular weight excluding hydrogens is 234 g/mol. The van der Waals surface area contributed by atoms with Gasteiger partial charge in [0.05, 0.1) is 7.11 Å². The first-order valence-electron chi connectivity index (χ1n) is 7.32. The predicted molar refractivity (Wildman–Crippen MR) is 80.4 cm³/mol. The molecule has 1 aromatic carbocycles. The standard InChI is InChI=1S/C17H27NO/c1-16(2)7-9-17(13-18,10-8-16)12-14-5-4-6-15(11-14)19-3/h4-6,11H,7-10,12-13,18H2,1-3H3. The highest BCUT2D eigenvalue weighted by molar-refractivity contribution is 5.29. The Kier molecular flexibility index (Phi) is 4.19. The summed E-state index contributed by atoms with van der Waals surface area (Å²) in [6.45, 7) is 5.54. The van der Waals surface area contributed by atoms with Crippen LogP contribution in [0.3, 0.4) is 0 Å². The minimum absolute atomic E-state index is 0.294. The largest absolute Gasteiger partial charge is 0.497 e. The average Bonchev–Trinajstić information content (AvgIpc) is 2.42. The molecule has 19 heavy (non-hydrogen) atoms. The Labute approximate surface area is 117 Å². The topological polar surface area (TPSA) is 35.2 Å². The lowest BCUT2D eigenvalue weighted by atomic mass is 9.63. The molecule has 2 nitrogen and oxygen atoms in total. The van der Waals surface area contributed by atoms with Crippen molar-refractivity contribution in [3.63, 3.8) is 0 Å². The molecule has 106 valence electrons. The van der Waals surface area contributed by atoms with Gasteiger partial charge in [-0.05, 0) is 67.2 Å². The van der Waals surface area contributed by atoms with Crippen LogP contribution in [0.25, 0.3) is 0 Å². The first kappa shape index (κ1) is 14.4. The third-order valence-corrected chi connectivity index (χ3v) is 4.81. The summed E-state index contributed by atoms with van der Waals surface area (Å²) in [5.41, 5.74) is 8.25. The SMILES string of the molecule is COc1cccc(CC2(CN)CCC(C)(C)CC2)c1. The van der Waals surface area contributed by atoms with Gasteiger partial charge in [0, 0.05) is 0 Å². The van der Waals surface area contributed by atoms with E-state index in [0.717, 1.165) is 18.7 Å². The second-order valence-electron chi connectivity index (χ2n) is 6.90. The maximum atomic E-state index is 6.11. The van der Waals surface area contributed by atoms with Gasteiger partial charge in [0.15, 0.2) is 0 Å². The Morgan fingerprint density at radius 2 is 1.84 bits per heavy atom. The van der Waals surface area contributed by atoms with Crippen LogP contribution in [0.2, 0.25) is 0 Å². The molecule has 0 heterocycles. The quantitative estimate of drug-likeness (QED) is 0.895. The average molecular weight is 261 g/mol. The zero-order valence-electron chi connectivity index (χ0n) is 12.5. The van der Waals surface area contributed by atoms with Crippen molar-refractivity contribution in [3.05, 3.63) is 29.8 Å². The van der Waals surface area contributed by atoms with Crippen LogP contribution in [0.1, 0.15) is 45.1 Å². The van der Waals surface area contributed by atoms with Crippen LogP contribution in [0.4, 0.5) is 0 Å². The number of benzene rings is 1. The van der Waals surface area contributed by atoms with Crippen LogP contribution >= 0.6 is 0 Å². The second kappa shape index (κ2) is 5.54. The monoisotopic (exact) mass is 261 g/mol. The van der Waals surface area contributed by atoms with E-state index in [0.29, 0.717) is 10.8 Å². The summed E-state index contributed by atoms with van der Waals surface area (Å²) < 4.78 is 5.31. The molecule has 0 spiro atoms. The molecular formula is C17H27NO. The molecule has 0 unspecified atom stereocenters. The maximum Gasteiger partial charge on any atom is 0.119 e. The molecule has 1 saturated carbocycles. The summed E-state index contributed by atoms with van der Waals surface area (Å²) in [7, 11) is 1.72. The number of hydrogen-bond acceptors (Lipinski definition) is 2. The molecule has 1 fully saturated rings. The summed E-state index contributed by atoms with van der Waals surface area (Å²) in [6.07, 6.45) is 6.14. The molecule has 0 aliphatic heterocycles.